The van der Waals surface area contributed by atoms with E-state index in [-0.39, 0.29) is 0 Å². The fourth-order valence-electron chi connectivity index (χ4n) is 11.2. The summed E-state index contributed by atoms with van der Waals surface area (Å²) in [5.41, 5.74) is 19.9. The molecule has 2 aromatic heterocycles. The summed E-state index contributed by atoms with van der Waals surface area (Å²) in [5.74, 6) is 0. The normalized spacial score (nSPS) is 13.4. The van der Waals surface area contributed by atoms with Crippen molar-refractivity contribution in [1.82, 2.24) is 0 Å². The van der Waals surface area contributed by atoms with Crippen LogP contribution in [0.25, 0.3) is 109 Å². The molecule has 0 atom stereocenters. The van der Waals surface area contributed by atoms with Gasteiger partial charge in [0.2, 0.25) is 0 Å². The van der Waals surface area contributed by atoms with E-state index in [2.05, 4.69) is 243 Å². The Labute approximate surface area is 397 Å². The van der Waals surface area contributed by atoms with Gasteiger partial charge < -0.3 is 0 Å². The second-order valence-electron chi connectivity index (χ2n) is 18.0. The molecule has 0 N–H and O–H groups in total. The summed E-state index contributed by atoms with van der Waals surface area (Å²) in [5, 5.41) is 5.33. The van der Waals surface area contributed by atoms with Gasteiger partial charge in [0, 0.05) is 40.3 Å². The van der Waals surface area contributed by atoms with Gasteiger partial charge in [-0.05, 0) is 138 Å². The zero-order chi connectivity index (χ0) is 44.1. The summed E-state index contributed by atoms with van der Waals surface area (Å²) in [4.78, 5) is 0. The van der Waals surface area contributed by atoms with Crippen LogP contribution < -0.4 is 0 Å². The van der Waals surface area contributed by atoms with Gasteiger partial charge in [-0.15, -0.1) is 22.7 Å². The van der Waals surface area contributed by atoms with Gasteiger partial charge in [-0.25, -0.2) is 0 Å². The van der Waals surface area contributed by atoms with Crippen molar-refractivity contribution in [2.24, 2.45) is 0 Å². The summed E-state index contributed by atoms with van der Waals surface area (Å²) in [6, 6.07) is 81.5. The Bertz CT molecular complexity index is 3760. The Balaban J connectivity index is 0.796. The molecule has 0 saturated carbocycles. The third kappa shape index (κ3) is 6.04. The highest BCUT2D eigenvalue weighted by Crippen LogP contribution is 2.63. The fraction of sp³-hybridized carbons (Fsp3) is 0.0154. The van der Waals surface area contributed by atoms with Gasteiger partial charge in [0.1, 0.15) is 0 Å². The quantitative estimate of drug-likeness (QED) is 0.146. The summed E-state index contributed by atoms with van der Waals surface area (Å²) in [6.07, 6.45) is 9.08. The van der Waals surface area contributed by atoms with Crippen molar-refractivity contribution in [3.8, 4) is 44.5 Å². The van der Waals surface area contributed by atoms with E-state index in [4.69, 9.17) is 0 Å². The standard InChI is InChI=1S/C65H40S2/c1-5-13-57-49(9-1)50-10-2-6-14-58(50)65(57)59-37-43(19-17-41-21-27-45(28-22-41)47-31-35-63-55(39-47)53-11-3-7-15-61(53)66-63)25-33-51(59)52-34-26-44(38-60(52)65)20-18-42-23-29-46(30-24-42)48-32-36-64-56(40-48)54-12-4-8-16-62(54)67-64/h1-40H/b19-17+,20-18+. The SMILES string of the molecule is C(=C\c1ccc2c(c1)C1(c3ccccc3-c3ccccc31)c1cc(/C=C/c3ccc(-c4ccc5sc6ccccc6c5c4)cc3)ccc1-2)/c1ccc(-c2ccc3sc4ccccc4c3c2)cc1. The van der Waals surface area contributed by atoms with E-state index >= 15 is 0 Å². The van der Waals surface area contributed by atoms with Crippen LogP contribution in [0.4, 0.5) is 0 Å². The molecule has 14 rings (SSSR count). The molecule has 312 valence electrons. The Kier molecular flexibility index (Phi) is 8.64. The summed E-state index contributed by atoms with van der Waals surface area (Å²) >= 11 is 3.73. The summed E-state index contributed by atoms with van der Waals surface area (Å²) in [7, 11) is 0. The maximum Gasteiger partial charge on any atom is 0.0725 e. The van der Waals surface area contributed by atoms with E-state index in [1.165, 1.54) is 129 Å². The van der Waals surface area contributed by atoms with Gasteiger partial charge >= 0.3 is 0 Å². The molecule has 0 unspecified atom stereocenters. The summed E-state index contributed by atoms with van der Waals surface area (Å²) < 4.78 is 5.35. The second-order valence-corrected chi connectivity index (χ2v) is 20.1. The predicted molar refractivity (Wildman–Crippen MR) is 290 cm³/mol. The molecule has 0 amide bonds. The van der Waals surface area contributed by atoms with Gasteiger partial charge in [-0.2, -0.15) is 0 Å². The van der Waals surface area contributed by atoms with Crippen LogP contribution in [0, 0.1) is 0 Å². The van der Waals surface area contributed by atoms with Crippen molar-refractivity contribution in [3.05, 3.63) is 263 Å². The first-order valence-electron chi connectivity index (χ1n) is 23.0. The molecule has 0 radical (unpaired) electrons. The van der Waals surface area contributed by atoms with E-state index in [1.54, 1.807) is 0 Å². The van der Waals surface area contributed by atoms with Crippen molar-refractivity contribution < 1.29 is 0 Å². The lowest BCUT2D eigenvalue weighted by atomic mass is 9.70. The largest absolute Gasteiger partial charge is 0.135 e. The van der Waals surface area contributed by atoms with Gasteiger partial charge in [0.15, 0.2) is 0 Å². The highest BCUT2D eigenvalue weighted by Gasteiger charge is 2.51. The molecular formula is C65H40S2. The Morgan fingerprint density at radius 1 is 0.254 bits per heavy atom. The molecule has 0 aliphatic heterocycles. The lowest BCUT2D eigenvalue weighted by molar-refractivity contribution is 0.793. The van der Waals surface area contributed by atoms with Crippen molar-refractivity contribution in [2.45, 2.75) is 5.41 Å². The van der Waals surface area contributed by atoms with Crippen LogP contribution in [0.1, 0.15) is 44.5 Å². The van der Waals surface area contributed by atoms with Gasteiger partial charge in [-0.3, -0.25) is 0 Å². The predicted octanol–water partition coefficient (Wildman–Crippen LogP) is 18.4. The lowest BCUT2D eigenvalue weighted by Gasteiger charge is -2.30. The third-order valence-electron chi connectivity index (χ3n) is 14.3. The van der Waals surface area contributed by atoms with Gasteiger partial charge in [0.05, 0.1) is 5.41 Å². The molecule has 2 aliphatic rings. The number of hydrogen-bond donors (Lipinski definition) is 0. The Morgan fingerprint density at radius 2 is 0.612 bits per heavy atom. The van der Waals surface area contributed by atoms with Crippen molar-refractivity contribution in [3.63, 3.8) is 0 Å². The molecule has 67 heavy (non-hydrogen) atoms. The first-order valence-corrected chi connectivity index (χ1v) is 24.7. The van der Waals surface area contributed by atoms with Crippen molar-refractivity contribution in [1.29, 1.82) is 0 Å². The van der Waals surface area contributed by atoms with Crippen LogP contribution >= 0.6 is 22.7 Å². The van der Waals surface area contributed by atoms with Gasteiger partial charge in [-0.1, -0.05) is 194 Å². The molecule has 0 nitrogen and oxygen atoms in total. The van der Waals surface area contributed by atoms with Gasteiger partial charge in [0.25, 0.3) is 0 Å². The number of fused-ring (bicyclic) bond motifs is 16. The molecule has 0 bridgehead atoms. The van der Waals surface area contributed by atoms with Crippen molar-refractivity contribution in [2.75, 3.05) is 0 Å². The molecule has 0 saturated heterocycles. The Hall–Kier alpha value is -7.88. The average Bonchev–Trinajstić information content (AvgIpc) is 4.12. The zero-order valence-electron chi connectivity index (χ0n) is 36.4. The van der Waals surface area contributed by atoms with Crippen LogP contribution in [-0.2, 0) is 5.41 Å². The third-order valence-corrected chi connectivity index (χ3v) is 16.6. The molecule has 10 aromatic carbocycles. The number of hydrogen-bond acceptors (Lipinski definition) is 2. The van der Waals surface area contributed by atoms with Crippen molar-refractivity contribution >= 4 is 87.3 Å². The van der Waals surface area contributed by atoms with E-state index < -0.39 is 5.41 Å². The van der Waals surface area contributed by atoms with Crippen LogP contribution in [0.15, 0.2) is 218 Å². The maximum absolute atomic E-state index is 2.45. The second kappa shape index (κ2) is 15.1. The Morgan fingerprint density at radius 3 is 1.09 bits per heavy atom. The van der Waals surface area contributed by atoms with E-state index in [0.29, 0.717) is 0 Å². The molecule has 1 spiro atoms. The molecule has 2 heteroatoms. The van der Waals surface area contributed by atoms with Crippen LogP contribution in [0.5, 0.6) is 0 Å². The smallest absolute Gasteiger partial charge is 0.0725 e. The van der Waals surface area contributed by atoms with E-state index in [9.17, 15) is 0 Å². The molecule has 0 fully saturated rings. The maximum atomic E-state index is 2.45. The fourth-order valence-corrected chi connectivity index (χ4v) is 13.3. The number of thiophene rings is 2. The average molecular weight is 885 g/mol. The van der Waals surface area contributed by atoms with E-state index in [0.717, 1.165) is 0 Å². The topological polar surface area (TPSA) is 0 Å². The van der Waals surface area contributed by atoms with Crippen LogP contribution in [0.2, 0.25) is 0 Å². The molecular weight excluding hydrogens is 845 g/mol. The summed E-state index contributed by atoms with van der Waals surface area (Å²) in [6.45, 7) is 0. The molecule has 12 aromatic rings. The van der Waals surface area contributed by atoms with Crippen LogP contribution in [-0.4, -0.2) is 0 Å². The minimum absolute atomic E-state index is 0.432. The molecule has 2 aliphatic carbocycles. The van der Waals surface area contributed by atoms with Crippen LogP contribution in [0.3, 0.4) is 0 Å². The first kappa shape index (κ1) is 38.4. The monoisotopic (exact) mass is 884 g/mol. The molecule has 2 heterocycles. The van der Waals surface area contributed by atoms with E-state index in [1.807, 2.05) is 22.7 Å². The highest BCUT2D eigenvalue weighted by molar-refractivity contribution is 7.26. The first-order chi connectivity index (χ1) is 33.2. The minimum atomic E-state index is -0.432. The number of rotatable bonds is 6. The zero-order valence-corrected chi connectivity index (χ0v) is 38.0. The lowest BCUT2D eigenvalue weighted by Crippen LogP contribution is -2.26. The minimum Gasteiger partial charge on any atom is -0.135 e. The highest BCUT2D eigenvalue weighted by atomic mass is 32.1. The number of benzene rings is 10.